The maximum atomic E-state index is 10.4. The molecule has 0 heterocycles. The summed E-state index contributed by atoms with van der Waals surface area (Å²) in [4.78, 5) is 10.4. The van der Waals surface area contributed by atoms with Gasteiger partial charge in [0.15, 0.2) is 0 Å². The Hall–Kier alpha value is -1.25. The van der Waals surface area contributed by atoms with E-state index in [1.165, 1.54) is 0 Å². The molecule has 0 atom stereocenters. The van der Waals surface area contributed by atoms with Crippen LogP contribution in [0.2, 0.25) is 0 Å². The van der Waals surface area contributed by atoms with E-state index in [-0.39, 0.29) is 5.57 Å². The van der Waals surface area contributed by atoms with E-state index in [0.717, 1.165) is 0 Å². The Bertz CT molecular complexity index is 216. The highest BCUT2D eigenvalue weighted by atomic mass is 16.4. The molecule has 1 radical (unpaired) electrons. The van der Waals surface area contributed by atoms with E-state index < -0.39 is 5.97 Å². The summed E-state index contributed by atoms with van der Waals surface area (Å²) >= 11 is 0. The monoisotopic (exact) mass is 138 g/mol. The van der Waals surface area contributed by atoms with Gasteiger partial charge in [0.1, 0.15) is 0 Å². The third-order valence-corrected chi connectivity index (χ3v) is 1.30. The molecule has 0 aliphatic heterocycles. The maximum Gasteiger partial charge on any atom is 0.333 e. The van der Waals surface area contributed by atoms with Crippen molar-refractivity contribution in [2.24, 2.45) is 5.73 Å². The van der Waals surface area contributed by atoms with Gasteiger partial charge in [-0.2, -0.15) is 0 Å². The molecule has 1 aliphatic carbocycles. The SMILES string of the molecule is NC1=C(C(=O)O)[CH]CC=C1. The minimum absolute atomic E-state index is 0.211. The standard InChI is InChI=1S/C7H8NO2/c8-6-4-2-1-3-5(6)7(9)10/h2-4H,1,8H2,(H,9,10). The lowest BCUT2D eigenvalue weighted by Gasteiger charge is -2.06. The highest BCUT2D eigenvalue weighted by Crippen LogP contribution is 2.13. The van der Waals surface area contributed by atoms with Crippen molar-refractivity contribution < 1.29 is 9.90 Å². The van der Waals surface area contributed by atoms with Crippen molar-refractivity contribution in [1.29, 1.82) is 0 Å². The van der Waals surface area contributed by atoms with Crippen molar-refractivity contribution in [3.05, 3.63) is 29.8 Å². The van der Waals surface area contributed by atoms with Gasteiger partial charge in [-0.3, -0.25) is 0 Å². The lowest BCUT2D eigenvalue weighted by molar-refractivity contribution is -0.132. The first-order chi connectivity index (χ1) is 4.72. The number of nitrogens with two attached hydrogens (primary N) is 1. The summed E-state index contributed by atoms with van der Waals surface area (Å²) < 4.78 is 0. The van der Waals surface area contributed by atoms with Crippen LogP contribution in [0.4, 0.5) is 0 Å². The molecule has 0 aromatic rings. The second kappa shape index (κ2) is 2.56. The summed E-state index contributed by atoms with van der Waals surface area (Å²) in [6, 6.07) is 0. The number of hydrogen-bond donors (Lipinski definition) is 2. The molecule has 3 nitrogen and oxygen atoms in total. The Kier molecular flexibility index (Phi) is 1.76. The van der Waals surface area contributed by atoms with Gasteiger partial charge in [-0.05, 0) is 12.5 Å². The van der Waals surface area contributed by atoms with Crippen LogP contribution in [0.1, 0.15) is 6.42 Å². The Morgan fingerprint density at radius 2 is 2.40 bits per heavy atom. The zero-order chi connectivity index (χ0) is 7.56. The lowest BCUT2D eigenvalue weighted by atomic mass is 10.0. The largest absolute Gasteiger partial charge is 0.478 e. The molecule has 1 aliphatic rings. The summed E-state index contributed by atoms with van der Waals surface area (Å²) in [5.41, 5.74) is 5.90. The lowest BCUT2D eigenvalue weighted by Crippen LogP contribution is -2.11. The van der Waals surface area contributed by atoms with Crippen LogP contribution in [-0.2, 0) is 4.79 Å². The van der Waals surface area contributed by atoms with Gasteiger partial charge in [-0.15, -0.1) is 0 Å². The van der Waals surface area contributed by atoms with Crippen molar-refractivity contribution >= 4 is 5.97 Å². The van der Waals surface area contributed by atoms with Gasteiger partial charge in [-0.25, -0.2) is 4.79 Å². The van der Waals surface area contributed by atoms with Gasteiger partial charge in [0.25, 0.3) is 0 Å². The van der Waals surface area contributed by atoms with E-state index in [1.54, 1.807) is 12.5 Å². The molecule has 0 bridgehead atoms. The Morgan fingerprint density at radius 3 is 2.80 bits per heavy atom. The topological polar surface area (TPSA) is 63.3 Å². The average Bonchev–Trinajstić information content (AvgIpc) is 1.88. The van der Waals surface area contributed by atoms with Crippen molar-refractivity contribution in [3.63, 3.8) is 0 Å². The van der Waals surface area contributed by atoms with Crippen molar-refractivity contribution in [2.45, 2.75) is 6.42 Å². The molecule has 0 spiro atoms. The van der Waals surface area contributed by atoms with Gasteiger partial charge in [0.05, 0.1) is 5.57 Å². The number of carboxylic acids is 1. The predicted molar refractivity (Wildman–Crippen MR) is 36.9 cm³/mol. The molecule has 0 saturated carbocycles. The fourth-order valence-corrected chi connectivity index (χ4v) is 0.799. The molecule has 3 N–H and O–H groups in total. The van der Waals surface area contributed by atoms with Gasteiger partial charge in [0, 0.05) is 12.1 Å². The van der Waals surface area contributed by atoms with Gasteiger partial charge in [0.2, 0.25) is 0 Å². The molecule has 0 aromatic carbocycles. The van der Waals surface area contributed by atoms with E-state index in [9.17, 15) is 4.79 Å². The van der Waals surface area contributed by atoms with E-state index in [0.29, 0.717) is 12.1 Å². The number of rotatable bonds is 1. The van der Waals surface area contributed by atoms with Crippen LogP contribution in [0.3, 0.4) is 0 Å². The van der Waals surface area contributed by atoms with E-state index in [4.69, 9.17) is 10.8 Å². The zero-order valence-corrected chi connectivity index (χ0v) is 5.37. The Morgan fingerprint density at radius 1 is 1.70 bits per heavy atom. The average molecular weight is 138 g/mol. The van der Waals surface area contributed by atoms with Crippen LogP contribution in [0.5, 0.6) is 0 Å². The molecule has 0 saturated heterocycles. The van der Waals surface area contributed by atoms with E-state index >= 15 is 0 Å². The van der Waals surface area contributed by atoms with Crippen LogP contribution in [0.15, 0.2) is 23.4 Å². The highest BCUT2D eigenvalue weighted by Gasteiger charge is 2.12. The van der Waals surface area contributed by atoms with Crippen LogP contribution in [-0.4, -0.2) is 11.1 Å². The summed E-state index contributed by atoms with van der Waals surface area (Å²) in [6.07, 6.45) is 5.69. The first-order valence-corrected chi connectivity index (χ1v) is 2.94. The summed E-state index contributed by atoms with van der Waals surface area (Å²) in [6.45, 7) is 0. The molecule has 0 aromatic heterocycles. The van der Waals surface area contributed by atoms with E-state index in [2.05, 4.69) is 0 Å². The molecular weight excluding hydrogens is 130 g/mol. The smallest absolute Gasteiger partial charge is 0.333 e. The normalized spacial score (nSPS) is 17.6. The highest BCUT2D eigenvalue weighted by molar-refractivity contribution is 5.90. The molecule has 0 unspecified atom stereocenters. The zero-order valence-electron chi connectivity index (χ0n) is 5.37. The quantitative estimate of drug-likeness (QED) is 0.552. The number of allylic oxidation sites excluding steroid dienone is 2. The molecule has 53 valence electrons. The maximum absolute atomic E-state index is 10.4. The van der Waals surface area contributed by atoms with Gasteiger partial charge < -0.3 is 10.8 Å². The molecular formula is C7H8NO2. The fourth-order valence-electron chi connectivity index (χ4n) is 0.799. The third kappa shape index (κ3) is 1.18. The first-order valence-electron chi connectivity index (χ1n) is 2.94. The Balaban J connectivity index is 2.89. The van der Waals surface area contributed by atoms with Crippen molar-refractivity contribution in [3.8, 4) is 0 Å². The van der Waals surface area contributed by atoms with Gasteiger partial charge in [-0.1, -0.05) is 6.08 Å². The number of hydrogen-bond acceptors (Lipinski definition) is 2. The van der Waals surface area contributed by atoms with Crippen molar-refractivity contribution in [1.82, 2.24) is 0 Å². The molecule has 1 rings (SSSR count). The summed E-state index contributed by atoms with van der Waals surface area (Å²) in [5.74, 6) is -0.957. The summed E-state index contributed by atoms with van der Waals surface area (Å²) in [7, 11) is 0. The Labute approximate surface area is 58.8 Å². The molecule has 10 heavy (non-hydrogen) atoms. The van der Waals surface area contributed by atoms with Gasteiger partial charge >= 0.3 is 5.97 Å². The molecule has 0 fully saturated rings. The summed E-state index contributed by atoms with van der Waals surface area (Å²) in [5, 5.41) is 8.51. The van der Waals surface area contributed by atoms with Crippen LogP contribution >= 0.6 is 0 Å². The third-order valence-electron chi connectivity index (χ3n) is 1.30. The van der Waals surface area contributed by atoms with Crippen LogP contribution < -0.4 is 5.73 Å². The molecule has 3 heteroatoms. The van der Waals surface area contributed by atoms with E-state index in [1.807, 2.05) is 6.08 Å². The second-order valence-electron chi connectivity index (χ2n) is 2.02. The number of carboxylic acid groups (broad SMARTS) is 1. The minimum Gasteiger partial charge on any atom is -0.478 e. The number of carbonyl (C=O) groups is 1. The van der Waals surface area contributed by atoms with Crippen LogP contribution in [0.25, 0.3) is 0 Å². The predicted octanol–water partition coefficient (Wildman–Crippen LogP) is 0.448. The second-order valence-corrected chi connectivity index (χ2v) is 2.02. The molecule has 0 amide bonds. The first kappa shape index (κ1) is 6.86. The van der Waals surface area contributed by atoms with Crippen LogP contribution in [0, 0.1) is 6.42 Å². The fraction of sp³-hybridized carbons (Fsp3) is 0.143. The minimum atomic E-state index is -0.957. The number of aliphatic carboxylic acids is 1. The van der Waals surface area contributed by atoms with Crippen molar-refractivity contribution in [2.75, 3.05) is 0 Å².